The van der Waals surface area contributed by atoms with Gasteiger partial charge in [0.2, 0.25) is 11.9 Å². The number of hydrogen-bond acceptors (Lipinski definition) is 3. The molecular weight excluding hydrogens is 252 g/mol. The van der Waals surface area contributed by atoms with Crippen LogP contribution >= 0.6 is 0 Å². The zero-order chi connectivity index (χ0) is 13.8. The standard InChI is InChI=1S/C13H7F2N3O/c14-11-5-4-10(12(15)18-11)17-13(19)9-3-1-2-8(6-9)7-16/h1-6H,(H,17,19). The van der Waals surface area contributed by atoms with Crippen molar-refractivity contribution in [1.82, 2.24) is 4.98 Å². The van der Waals surface area contributed by atoms with Crippen LogP contribution in [-0.4, -0.2) is 10.9 Å². The minimum atomic E-state index is -1.11. The second-order valence-corrected chi connectivity index (χ2v) is 3.62. The first kappa shape index (κ1) is 12.6. The summed E-state index contributed by atoms with van der Waals surface area (Å²) in [5.74, 6) is -2.68. The number of amides is 1. The van der Waals surface area contributed by atoms with E-state index in [-0.39, 0.29) is 11.3 Å². The molecular formula is C13H7F2N3O. The van der Waals surface area contributed by atoms with E-state index in [1.54, 1.807) is 0 Å². The Kier molecular flexibility index (Phi) is 3.48. The summed E-state index contributed by atoms with van der Waals surface area (Å²) in [5.41, 5.74) is 0.280. The molecule has 0 unspecified atom stereocenters. The molecule has 94 valence electrons. The fourth-order valence-corrected chi connectivity index (χ4v) is 1.43. The molecule has 6 heteroatoms. The summed E-state index contributed by atoms with van der Waals surface area (Å²) in [5, 5.41) is 11.0. The van der Waals surface area contributed by atoms with E-state index in [0.29, 0.717) is 5.56 Å². The predicted octanol–water partition coefficient (Wildman–Crippen LogP) is 2.48. The first-order chi connectivity index (χ1) is 9.10. The van der Waals surface area contributed by atoms with Gasteiger partial charge in [0.25, 0.3) is 5.91 Å². The van der Waals surface area contributed by atoms with E-state index >= 15 is 0 Å². The van der Waals surface area contributed by atoms with Crippen molar-refractivity contribution in [3.63, 3.8) is 0 Å². The van der Waals surface area contributed by atoms with Gasteiger partial charge in [-0.1, -0.05) is 6.07 Å². The Hall–Kier alpha value is -2.81. The van der Waals surface area contributed by atoms with Gasteiger partial charge in [-0.25, -0.2) is 0 Å². The molecule has 0 aliphatic rings. The Balaban J connectivity index is 2.23. The van der Waals surface area contributed by atoms with Crippen LogP contribution in [0.25, 0.3) is 0 Å². The number of nitriles is 1. The summed E-state index contributed by atoms with van der Waals surface area (Å²) in [6.07, 6.45) is 0. The number of carbonyl (C=O) groups excluding carboxylic acids is 1. The van der Waals surface area contributed by atoms with Crippen LogP contribution in [0.3, 0.4) is 0 Å². The van der Waals surface area contributed by atoms with Gasteiger partial charge >= 0.3 is 0 Å². The van der Waals surface area contributed by atoms with Crippen molar-refractivity contribution < 1.29 is 13.6 Å². The number of rotatable bonds is 2. The molecule has 0 aliphatic heterocycles. The SMILES string of the molecule is N#Cc1cccc(C(=O)Nc2ccc(F)nc2F)c1. The highest BCUT2D eigenvalue weighted by atomic mass is 19.1. The van der Waals surface area contributed by atoms with Crippen molar-refractivity contribution in [1.29, 1.82) is 5.26 Å². The van der Waals surface area contributed by atoms with Crippen molar-refractivity contribution in [2.75, 3.05) is 5.32 Å². The molecule has 0 fully saturated rings. The molecule has 2 rings (SSSR count). The van der Waals surface area contributed by atoms with Crippen molar-refractivity contribution >= 4 is 11.6 Å². The van der Waals surface area contributed by atoms with Crippen molar-refractivity contribution in [3.8, 4) is 6.07 Å². The third kappa shape index (κ3) is 2.90. The largest absolute Gasteiger partial charge is 0.318 e. The summed E-state index contributed by atoms with van der Waals surface area (Å²) in [4.78, 5) is 14.8. The van der Waals surface area contributed by atoms with Gasteiger partial charge in [-0.2, -0.15) is 19.0 Å². The van der Waals surface area contributed by atoms with Gasteiger partial charge in [-0.05, 0) is 30.3 Å². The fraction of sp³-hybridized carbons (Fsp3) is 0. The van der Waals surface area contributed by atoms with Gasteiger partial charge in [-0.15, -0.1) is 0 Å². The molecule has 0 atom stereocenters. The molecule has 1 heterocycles. The minimum absolute atomic E-state index is 0.197. The van der Waals surface area contributed by atoms with Crippen LogP contribution in [0.15, 0.2) is 36.4 Å². The van der Waals surface area contributed by atoms with Crippen molar-refractivity contribution in [2.24, 2.45) is 0 Å². The van der Waals surface area contributed by atoms with E-state index in [4.69, 9.17) is 5.26 Å². The van der Waals surface area contributed by atoms with E-state index in [1.165, 1.54) is 24.3 Å². The highest BCUT2D eigenvalue weighted by molar-refractivity contribution is 6.04. The lowest BCUT2D eigenvalue weighted by molar-refractivity contribution is 0.102. The molecule has 0 spiro atoms. The van der Waals surface area contributed by atoms with Crippen LogP contribution in [0.5, 0.6) is 0 Å². The lowest BCUT2D eigenvalue weighted by Crippen LogP contribution is -2.13. The van der Waals surface area contributed by atoms with Crippen LogP contribution in [-0.2, 0) is 0 Å². The van der Waals surface area contributed by atoms with Crippen molar-refractivity contribution in [3.05, 3.63) is 59.4 Å². The molecule has 1 aromatic heterocycles. The molecule has 1 aromatic carbocycles. The van der Waals surface area contributed by atoms with Gasteiger partial charge in [0.05, 0.1) is 17.3 Å². The molecule has 0 saturated carbocycles. The quantitative estimate of drug-likeness (QED) is 0.842. The molecule has 4 nitrogen and oxygen atoms in total. The number of nitrogens with one attached hydrogen (secondary N) is 1. The summed E-state index contributed by atoms with van der Waals surface area (Å²) >= 11 is 0. The van der Waals surface area contributed by atoms with Gasteiger partial charge in [-0.3, -0.25) is 4.79 Å². The number of nitrogens with zero attached hydrogens (tertiary/aromatic N) is 2. The number of halogens is 2. The monoisotopic (exact) mass is 259 g/mol. The van der Waals surface area contributed by atoms with E-state index in [9.17, 15) is 13.6 Å². The Morgan fingerprint density at radius 3 is 2.74 bits per heavy atom. The second kappa shape index (κ2) is 5.23. The van der Waals surface area contributed by atoms with Gasteiger partial charge in [0.15, 0.2) is 0 Å². The molecule has 0 bridgehead atoms. The van der Waals surface area contributed by atoms with E-state index in [0.717, 1.165) is 12.1 Å². The smallest absolute Gasteiger partial charge is 0.255 e. The van der Waals surface area contributed by atoms with Crippen LogP contribution < -0.4 is 5.32 Å². The van der Waals surface area contributed by atoms with Gasteiger partial charge in [0.1, 0.15) is 0 Å². The summed E-state index contributed by atoms with van der Waals surface area (Å²) < 4.78 is 25.9. The van der Waals surface area contributed by atoms with Crippen molar-refractivity contribution in [2.45, 2.75) is 0 Å². The predicted molar refractivity (Wildman–Crippen MR) is 63.3 cm³/mol. The van der Waals surface area contributed by atoms with Gasteiger partial charge < -0.3 is 5.32 Å². The normalized spacial score (nSPS) is 9.74. The Bertz CT molecular complexity index is 680. The molecule has 0 saturated heterocycles. The second-order valence-electron chi connectivity index (χ2n) is 3.62. The Labute approximate surface area is 107 Å². The van der Waals surface area contributed by atoms with E-state index in [1.807, 2.05) is 6.07 Å². The molecule has 0 radical (unpaired) electrons. The lowest BCUT2D eigenvalue weighted by atomic mass is 10.1. The van der Waals surface area contributed by atoms with Crippen LogP contribution in [0.1, 0.15) is 15.9 Å². The lowest BCUT2D eigenvalue weighted by Gasteiger charge is -2.05. The third-order valence-corrected chi connectivity index (χ3v) is 2.32. The average molecular weight is 259 g/mol. The number of hydrogen-bond donors (Lipinski definition) is 1. The third-order valence-electron chi connectivity index (χ3n) is 2.32. The number of benzene rings is 1. The Morgan fingerprint density at radius 1 is 1.26 bits per heavy atom. The zero-order valence-corrected chi connectivity index (χ0v) is 9.52. The molecule has 1 amide bonds. The fourth-order valence-electron chi connectivity index (χ4n) is 1.43. The maximum absolute atomic E-state index is 13.3. The van der Waals surface area contributed by atoms with Crippen LogP contribution in [0.2, 0.25) is 0 Å². The van der Waals surface area contributed by atoms with E-state index in [2.05, 4.69) is 10.3 Å². The summed E-state index contributed by atoms with van der Waals surface area (Å²) in [6.45, 7) is 0. The highest BCUT2D eigenvalue weighted by Crippen LogP contribution is 2.14. The molecule has 19 heavy (non-hydrogen) atoms. The van der Waals surface area contributed by atoms with Gasteiger partial charge in [0, 0.05) is 5.56 Å². The maximum atomic E-state index is 13.3. The van der Waals surface area contributed by atoms with Crippen LogP contribution in [0.4, 0.5) is 14.5 Å². The number of aromatic nitrogens is 1. The topological polar surface area (TPSA) is 65.8 Å². The molecule has 2 aromatic rings. The van der Waals surface area contributed by atoms with E-state index < -0.39 is 17.8 Å². The highest BCUT2D eigenvalue weighted by Gasteiger charge is 2.11. The minimum Gasteiger partial charge on any atom is -0.318 e. The number of anilines is 1. The Morgan fingerprint density at radius 2 is 2.05 bits per heavy atom. The molecule has 0 aliphatic carbocycles. The number of carbonyl (C=O) groups is 1. The first-order valence-corrected chi connectivity index (χ1v) is 5.23. The zero-order valence-electron chi connectivity index (χ0n) is 9.52. The number of pyridine rings is 1. The summed E-state index contributed by atoms with van der Waals surface area (Å²) in [6, 6.07) is 9.81. The maximum Gasteiger partial charge on any atom is 0.255 e. The summed E-state index contributed by atoms with van der Waals surface area (Å²) in [7, 11) is 0. The molecule has 1 N–H and O–H groups in total. The average Bonchev–Trinajstić information content (AvgIpc) is 2.42. The first-order valence-electron chi connectivity index (χ1n) is 5.23. The van der Waals surface area contributed by atoms with Crippen LogP contribution in [0, 0.1) is 23.2 Å².